The molecule has 0 N–H and O–H groups in total. The van der Waals surface area contributed by atoms with Gasteiger partial charge in [-0.15, -0.1) is 0 Å². The first-order chi connectivity index (χ1) is 37.2. The van der Waals surface area contributed by atoms with Crippen molar-refractivity contribution in [2.24, 2.45) is 5.92 Å². The molecule has 7 aromatic carbocycles. The van der Waals surface area contributed by atoms with E-state index in [-0.39, 0.29) is 33.8 Å². The van der Waals surface area contributed by atoms with E-state index >= 15 is 0 Å². The summed E-state index contributed by atoms with van der Waals surface area (Å²) in [5, 5.41) is 0. The molecule has 0 saturated heterocycles. The first-order valence-corrected chi connectivity index (χ1v) is 26.7. The zero-order chi connectivity index (χ0) is 52.8. The monoisotopic (exact) mass is 1000 g/mol. The lowest BCUT2D eigenvalue weighted by Crippen LogP contribution is -2.18. The minimum absolute atomic E-state index is 0.170. The van der Waals surface area contributed by atoms with Crippen LogP contribution in [-0.4, -0.2) is 9.97 Å². The number of aromatic nitrogens is 2. The van der Waals surface area contributed by atoms with Crippen LogP contribution in [-0.2, 0) is 16.2 Å². The lowest BCUT2D eigenvalue weighted by atomic mass is 9.78. The minimum Gasteiger partial charge on any atom is -0.309 e. The highest BCUT2D eigenvalue weighted by molar-refractivity contribution is 5.93. The zero-order valence-electron chi connectivity index (χ0n) is 44.2. The fourth-order valence-corrected chi connectivity index (χ4v) is 12.7. The molecule has 4 aliphatic rings. The van der Waals surface area contributed by atoms with Crippen molar-refractivity contribution in [2.45, 2.75) is 64.2 Å². The van der Waals surface area contributed by atoms with Crippen molar-refractivity contribution in [2.75, 3.05) is 9.80 Å². The molecule has 0 bridgehead atoms. The Morgan fingerprint density at radius 3 is 1.29 bits per heavy atom. The van der Waals surface area contributed by atoms with Crippen molar-refractivity contribution >= 4 is 57.9 Å². The van der Waals surface area contributed by atoms with Gasteiger partial charge in [-0.25, -0.2) is 8.78 Å². The molecule has 0 amide bonds. The van der Waals surface area contributed by atoms with Crippen molar-refractivity contribution in [1.29, 1.82) is 0 Å². The van der Waals surface area contributed by atoms with Crippen LogP contribution in [0.3, 0.4) is 0 Å². The lowest BCUT2D eigenvalue weighted by molar-refractivity contribution is 0.627. The predicted molar refractivity (Wildman–Crippen MR) is 314 cm³/mol. The Balaban J connectivity index is 0.721. The number of pyridine rings is 2. The minimum atomic E-state index is -0.265. The molecular weight excluding hydrogens is 947 g/mol. The number of nitrogens with zero attached hydrogens (tertiary/aromatic N) is 4. The van der Waals surface area contributed by atoms with Crippen LogP contribution in [0.2, 0.25) is 0 Å². The van der Waals surface area contributed by atoms with Crippen molar-refractivity contribution in [1.82, 2.24) is 9.97 Å². The maximum atomic E-state index is 14.1. The van der Waals surface area contributed by atoms with Gasteiger partial charge in [-0.2, -0.15) is 0 Å². The third-order valence-corrected chi connectivity index (χ3v) is 16.8. The third kappa shape index (κ3) is 8.17. The summed E-state index contributed by atoms with van der Waals surface area (Å²) in [7, 11) is 0. The molecule has 0 fully saturated rings. The smallest absolute Gasteiger partial charge is 0.123 e. The second-order valence-electron chi connectivity index (χ2n) is 22.6. The van der Waals surface area contributed by atoms with Crippen molar-refractivity contribution < 1.29 is 8.78 Å². The van der Waals surface area contributed by atoms with E-state index in [1.165, 1.54) is 102 Å². The maximum Gasteiger partial charge on any atom is 0.123 e. The predicted octanol–water partition coefficient (Wildman–Crippen LogP) is 18.8. The molecule has 13 rings (SSSR count). The Labute approximate surface area is 450 Å². The average Bonchev–Trinajstić information content (AvgIpc) is 4.09. The topological polar surface area (TPSA) is 32.3 Å². The number of benzene rings is 7. The van der Waals surface area contributed by atoms with Crippen LogP contribution >= 0.6 is 0 Å². The van der Waals surface area contributed by atoms with Crippen LogP contribution in [0.5, 0.6) is 0 Å². The third-order valence-electron chi connectivity index (χ3n) is 16.8. The summed E-state index contributed by atoms with van der Waals surface area (Å²) in [4.78, 5) is 13.1. The molecule has 6 heteroatoms. The van der Waals surface area contributed by atoms with Crippen LogP contribution in [0.15, 0.2) is 212 Å². The average molecular weight is 1010 g/mol. The van der Waals surface area contributed by atoms with Gasteiger partial charge in [0.25, 0.3) is 0 Å². The number of fused-ring (bicyclic) bond motifs is 9. The maximum absolute atomic E-state index is 14.1. The van der Waals surface area contributed by atoms with E-state index in [1.54, 1.807) is 12.4 Å². The first kappa shape index (κ1) is 47.9. The van der Waals surface area contributed by atoms with Gasteiger partial charge in [-0.3, -0.25) is 9.97 Å². The second-order valence-corrected chi connectivity index (χ2v) is 22.6. The fraction of sp³-hybridized carbons (Fsp3) is 0.155. The van der Waals surface area contributed by atoms with Crippen LogP contribution in [0.4, 0.5) is 42.9 Å². The molecule has 1 unspecified atom stereocenters. The van der Waals surface area contributed by atoms with Gasteiger partial charge in [-0.1, -0.05) is 145 Å². The number of hydrogen-bond acceptors (Lipinski definition) is 4. The number of halogens is 2. The van der Waals surface area contributed by atoms with Crippen molar-refractivity contribution in [3.8, 4) is 22.3 Å². The summed E-state index contributed by atoms with van der Waals surface area (Å²) in [6.45, 7) is 14.0. The van der Waals surface area contributed by atoms with Gasteiger partial charge >= 0.3 is 0 Å². The van der Waals surface area contributed by atoms with Crippen molar-refractivity contribution in [3.05, 3.63) is 274 Å². The van der Waals surface area contributed by atoms with Crippen molar-refractivity contribution in [3.63, 3.8) is 0 Å². The molecule has 1 atom stereocenters. The molecule has 77 heavy (non-hydrogen) atoms. The van der Waals surface area contributed by atoms with Gasteiger partial charge in [0.1, 0.15) is 11.6 Å². The van der Waals surface area contributed by atoms with E-state index in [4.69, 9.17) is 0 Å². The standard InChI is InChI=1S/C71H58F2N4/c1-69(2)63-37-45(11-13-47-17-31-59-61-33-27-53(41-67(61)70(3,4)65(59)39-47)76(55-9-7-35-74-43-55)51-23-19-49(72)20-24-51)15-29-57(63)58-30-16-46(38-64(58)69)12-14-48-18-32-60-62-34-28-54(42-68(62)71(5,6)66(60)40-48)77(56-10-8-36-75-44-56)52-25-21-50(73)22-26-52/h7-17,19-44,48H,18H2,1-6H3/b13-11+,14-12+. The van der Waals surface area contributed by atoms with Crippen LogP contribution in [0, 0.1) is 17.6 Å². The molecule has 0 aliphatic heterocycles. The molecule has 4 aliphatic carbocycles. The lowest BCUT2D eigenvalue weighted by Gasteiger charge is -2.28. The summed E-state index contributed by atoms with van der Waals surface area (Å²) >= 11 is 0. The normalized spacial score (nSPS) is 16.8. The molecule has 2 heterocycles. The van der Waals surface area contributed by atoms with Gasteiger partial charge < -0.3 is 9.80 Å². The van der Waals surface area contributed by atoms with Crippen LogP contribution < -0.4 is 9.80 Å². The Kier molecular flexibility index (Phi) is 11.4. The largest absolute Gasteiger partial charge is 0.309 e. The Morgan fingerprint density at radius 2 is 0.831 bits per heavy atom. The second kappa shape index (κ2) is 18.2. The summed E-state index contributed by atoms with van der Waals surface area (Å²) in [6.07, 6.45) is 22.3. The van der Waals surface area contributed by atoms with Gasteiger partial charge in [0.05, 0.1) is 23.8 Å². The Morgan fingerprint density at radius 1 is 0.429 bits per heavy atom. The summed E-state index contributed by atoms with van der Waals surface area (Å²) in [5.74, 6) is -0.258. The highest BCUT2D eigenvalue weighted by atomic mass is 19.1. The Hall–Kier alpha value is -8.74. The quantitative estimate of drug-likeness (QED) is 0.128. The number of anilines is 6. The molecule has 0 radical (unpaired) electrons. The molecular formula is C71H58F2N4. The number of rotatable bonds is 10. The summed E-state index contributed by atoms with van der Waals surface area (Å²) < 4.78 is 28.2. The summed E-state index contributed by atoms with van der Waals surface area (Å²) in [5.41, 5.74) is 24.1. The summed E-state index contributed by atoms with van der Waals surface area (Å²) in [6, 6.07) is 55.4. The van der Waals surface area contributed by atoms with E-state index in [0.717, 1.165) is 46.1 Å². The number of allylic oxidation sites excluding steroid dienone is 5. The van der Waals surface area contributed by atoms with Gasteiger partial charge in [0.2, 0.25) is 0 Å². The van der Waals surface area contributed by atoms with Gasteiger partial charge in [-0.05, 0) is 193 Å². The van der Waals surface area contributed by atoms with Gasteiger partial charge in [0, 0.05) is 51.4 Å². The Bertz CT molecular complexity index is 3940. The first-order valence-electron chi connectivity index (χ1n) is 26.7. The molecule has 0 saturated carbocycles. The van der Waals surface area contributed by atoms with E-state index in [2.05, 4.69) is 189 Å². The van der Waals surface area contributed by atoms with Gasteiger partial charge in [0.15, 0.2) is 0 Å². The molecule has 0 spiro atoms. The molecule has 376 valence electrons. The fourth-order valence-electron chi connectivity index (χ4n) is 12.7. The number of hydrogen-bond donors (Lipinski definition) is 0. The zero-order valence-corrected chi connectivity index (χ0v) is 44.2. The van der Waals surface area contributed by atoms with E-state index in [1.807, 2.05) is 60.9 Å². The molecule has 2 aromatic heterocycles. The SMILES string of the molecule is CC1(C)C2=CC(/C=C/c3ccc4c(c3)C(C)(C)c3cc(/C=C/c5ccc6c(c5)C(C)(C)c5cc(N(c7ccc(F)cc7)c7cccnc7)ccc5-6)ccc3-4)CC=C2c2ccc(N(c3ccc(F)cc3)c3cccnc3)cc21. The molecule has 4 nitrogen and oxygen atoms in total. The molecule has 9 aromatic rings. The van der Waals surface area contributed by atoms with Crippen LogP contribution in [0.25, 0.3) is 46.1 Å². The highest BCUT2D eigenvalue weighted by Crippen LogP contribution is 2.55. The van der Waals surface area contributed by atoms with E-state index in [0.29, 0.717) is 0 Å². The van der Waals surface area contributed by atoms with Crippen LogP contribution in [0.1, 0.15) is 98.0 Å². The highest BCUT2D eigenvalue weighted by Gasteiger charge is 2.41. The van der Waals surface area contributed by atoms with E-state index < -0.39 is 0 Å². The van der Waals surface area contributed by atoms with E-state index in [9.17, 15) is 8.78 Å².